The van der Waals surface area contributed by atoms with Gasteiger partial charge in [-0.2, -0.15) is 0 Å². The second-order valence-electron chi connectivity index (χ2n) is 7.27. The molecule has 1 amide bonds. The van der Waals surface area contributed by atoms with Crippen molar-refractivity contribution in [3.05, 3.63) is 0 Å². The maximum atomic E-state index is 13.1. The molecule has 1 aliphatic heterocycles. The molecule has 2 rings (SSSR count). The molecule has 1 atom stereocenters. The summed E-state index contributed by atoms with van der Waals surface area (Å²) >= 11 is 0. The quantitative estimate of drug-likeness (QED) is 0.791. The predicted molar refractivity (Wildman–Crippen MR) is 80.4 cm³/mol. The van der Waals surface area contributed by atoms with Gasteiger partial charge in [0.25, 0.3) is 0 Å². The zero-order chi connectivity index (χ0) is 14.8. The van der Waals surface area contributed by atoms with Gasteiger partial charge in [0.2, 0.25) is 5.91 Å². The average Bonchev–Trinajstić information content (AvgIpc) is 2.61. The highest BCUT2D eigenvalue weighted by molar-refractivity contribution is 5.83. The van der Waals surface area contributed by atoms with Gasteiger partial charge in [-0.3, -0.25) is 4.79 Å². The van der Waals surface area contributed by atoms with Crippen LogP contribution in [-0.2, 0) is 9.53 Å². The van der Waals surface area contributed by atoms with Crippen molar-refractivity contribution in [2.45, 2.75) is 71.0 Å². The lowest BCUT2D eigenvalue weighted by atomic mass is 9.78. The van der Waals surface area contributed by atoms with Crippen LogP contribution < -0.4 is 5.73 Å². The van der Waals surface area contributed by atoms with Crippen molar-refractivity contribution in [2.24, 2.45) is 11.1 Å². The van der Waals surface area contributed by atoms with E-state index in [4.69, 9.17) is 10.5 Å². The van der Waals surface area contributed by atoms with Gasteiger partial charge in [-0.15, -0.1) is 0 Å². The average molecular weight is 282 g/mol. The number of amides is 1. The normalized spacial score (nSPS) is 29.8. The van der Waals surface area contributed by atoms with E-state index < -0.39 is 0 Å². The summed E-state index contributed by atoms with van der Waals surface area (Å²) < 4.78 is 5.91. The van der Waals surface area contributed by atoms with E-state index in [2.05, 4.69) is 13.8 Å². The maximum absolute atomic E-state index is 13.1. The molecule has 4 heteroatoms. The van der Waals surface area contributed by atoms with Gasteiger partial charge in [-0.1, -0.05) is 25.7 Å². The molecule has 20 heavy (non-hydrogen) atoms. The van der Waals surface area contributed by atoms with Crippen LogP contribution in [0.1, 0.15) is 59.3 Å². The fourth-order valence-electron chi connectivity index (χ4n) is 3.85. The van der Waals surface area contributed by atoms with Crippen LogP contribution in [0.5, 0.6) is 0 Å². The summed E-state index contributed by atoms with van der Waals surface area (Å²) in [5.41, 5.74) is 5.47. The highest BCUT2D eigenvalue weighted by Gasteiger charge is 2.43. The number of nitrogens with two attached hydrogens (primary N) is 1. The van der Waals surface area contributed by atoms with Crippen LogP contribution in [0.15, 0.2) is 0 Å². The molecule has 0 spiro atoms. The molecule has 2 fully saturated rings. The van der Waals surface area contributed by atoms with E-state index in [9.17, 15) is 4.79 Å². The summed E-state index contributed by atoms with van der Waals surface area (Å²) in [7, 11) is 0. The predicted octanol–water partition coefficient (Wildman–Crippen LogP) is 2.31. The Kier molecular flexibility index (Phi) is 4.75. The number of hydrogen-bond acceptors (Lipinski definition) is 3. The Bertz CT molecular complexity index is 346. The molecular formula is C16H30N2O2. The number of rotatable bonds is 2. The second-order valence-corrected chi connectivity index (χ2v) is 7.27. The number of carbonyl (C=O) groups is 1. The fourth-order valence-corrected chi connectivity index (χ4v) is 3.85. The Morgan fingerprint density at radius 1 is 1.25 bits per heavy atom. The molecule has 1 saturated carbocycles. The molecule has 116 valence electrons. The largest absolute Gasteiger partial charge is 0.369 e. The Labute approximate surface area is 123 Å². The molecule has 0 aromatic heterocycles. The smallest absolute Gasteiger partial charge is 0.230 e. The third-order valence-electron chi connectivity index (χ3n) is 4.76. The first-order valence-corrected chi connectivity index (χ1v) is 8.06. The Balaban J connectivity index is 2.15. The topological polar surface area (TPSA) is 55.6 Å². The van der Waals surface area contributed by atoms with Crippen LogP contribution in [-0.4, -0.2) is 42.1 Å². The van der Waals surface area contributed by atoms with E-state index in [0.717, 1.165) is 25.7 Å². The number of morpholine rings is 1. The first-order valence-electron chi connectivity index (χ1n) is 8.06. The molecule has 0 aromatic carbocycles. The summed E-state index contributed by atoms with van der Waals surface area (Å²) in [5, 5.41) is 0. The summed E-state index contributed by atoms with van der Waals surface area (Å²) in [6.45, 7) is 8.03. The minimum Gasteiger partial charge on any atom is -0.369 e. The van der Waals surface area contributed by atoms with Crippen molar-refractivity contribution in [3.8, 4) is 0 Å². The van der Waals surface area contributed by atoms with Gasteiger partial charge < -0.3 is 15.4 Å². The Morgan fingerprint density at radius 3 is 2.35 bits per heavy atom. The molecule has 1 heterocycles. The number of hydrogen-bond donors (Lipinski definition) is 1. The van der Waals surface area contributed by atoms with Crippen LogP contribution in [0.4, 0.5) is 0 Å². The van der Waals surface area contributed by atoms with Crippen molar-refractivity contribution in [1.82, 2.24) is 4.90 Å². The van der Waals surface area contributed by atoms with Gasteiger partial charge in [0.1, 0.15) is 0 Å². The van der Waals surface area contributed by atoms with Crippen molar-refractivity contribution >= 4 is 5.91 Å². The Morgan fingerprint density at radius 2 is 1.85 bits per heavy atom. The lowest BCUT2D eigenvalue weighted by Gasteiger charge is -2.45. The van der Waals surface area contributed by atoms with Crippen molar-refractivity contribution in [3.63, 3.8) is 0 Å². The van der Waals surface area contributed by atoms with E-state index in [0.29, 0.717) is 19.6 Å². The van der Waals surface area contributed by atoms with E-state index in [1.807, 2.05) is 11.8 Å². The third kappa shape index (κ3) is 3.34. The minimum atomic E-state index is -0.316. The van der Waals surface area contributed by atoms with E-state index >= 15 is 0 Å². The highest BCUT2D eigenvalue weighted by Crippen LogP contribution is 2.37. The number of nitrogens with zero attached hydrogens (tertiary/aromatic N) is 1. The highest BCUT2D eigenvalue weighted by atomic mass is 16.5. The molecule has 2 N–H and O–H groups in total. The summed E-state index contributed by atoms with van der Waals surface area (Å²) in [5.74, 6) is 0.269. The van der Waals surface area contributed by atoms with Crippen molar-refractivity contribution in [1.29, 1.82) is 0 Å². The lowest BCUT2D eigenvalue weighted by molar-refractivity contribution is -0.167. The van der Waals surface area contributed by atoms with Gasteiger partial charge >= 0.3 is 0 Å². The van der Waals surface area contributed by atoms with Gasteiger partial charge in [0.15, 0.2) is 0 Å². The molecule has 0 aromatic rings. The van der Waals surface area contributed by atoms with Crippen LogP contribution in [0.2, 0.25) is 0 Å². The van der Waals surface area contributed by atoms with Gasteiger partial charge in [0.05, 0.1) is 17.1 Å². The lowest BCUT2D eigenvalue weighted by Crippen LogP contribution is -2.58. The zero-order valence-corrected chi connectivity index (χ0v) is 13.3. The first kappa shape index (κ1) is 15.8. The second kappa shape index (κ2) is 6.02. The maximum Gasteiger partial charge on any atom is 0.230 e. The third-order valence-corrected chi connectivity index (χ3v) is 4.76. The SMILES string of the molecule is CC1CN(C(=O)C2(CN)CCCCCC2)CC(C)(C)O1. The van der Waals surface area contributed by atoms with Gasteiger partial charge in [-0.05, 0) is 33.6 Å². The molecule has 1 unspecified atom stereocenters. The number of carbonyl (C=O) groups excluding carboxylic acids is 1. The van der Waals surface area contributed by atoms with Gasteiger partial charge in [0, 0.05) is 19.6 Å². The van der Waals surface area contributed by atoms with Crippen LogP contribution in [0.25, 0.3) is 0 Å². The summed E-state index contributed by atoms with van der Waals surface area (Å²) in [4.78, 5) is 15.1. The molecule has 1 saturated heterocycles. The number of ether oxygens (including phenoxy) is 1. The molecule has 1 aliphatic carbocycles. The van der Waals surface area contributed by atoms with Crippen molar-refractivity contribution in [2.75, 3.05) is 19.6 Å². The molecule has 0 bridgehead atoms. The van der Waals surface area contributed by atoms with Crippen LogP contribution in [0.3, 0.4) is 0 Å². The summed E-state index contributed by atoms with van der Waals surface area (Å²) in [6.07, 6.45) is 6.74. The van der Waals surface area contributed by atoms with E-state index in [1.165, 1.54) is 12.8 Å². The van der Waals surface area contributed by atoms with Crippen LogP contribution >= 0.6 is 0 Å². The fraction of sp³-hybridized carbons (Fsp3) is 0.938. The monoisotopic (exact) mass is 282 g/mol. The Hall–Kier alpha value is -0.610. The van der Waals surface area contributed by atoms with Crippen molar-refractivity contribution < 1.29 is 9.53 Å². The van der Waals surface area contributed by atoms with Gasteiger partial charge in [-0.25, -0.2) is 0 Å². The molecular weight excluding hydrogens is 252 g/mol. The van der Waals surface area contributed by atoms with E-state index in [-0.39, 0.29) is 23.0 Å². The summed E-state index contributed by atoms with van der Waals surface area (Å²) in [6, 6.07) is 0. The molecule has 2 aliphatic rings. The molecule has 0 radical (unpaired) electrons. The standard InChI is InChI=1S/C16H30N2O2/c1-13-10-18(12-15(2,3)20-13)14(19)16(11-17)8-6-4-5-7-9-16/h13H,4-12,17H2,1-3H3. The minimum absolute atomic E-state index is 0.100. The first-order chi connectivity index (χ1) is 9.38. The molecule has 4 nitrogen and oxygen atoms in total. The van der Waals surface area contributed by atoms with E-state index in [1.54, 1.807) is 0 Å². The zero-order valence-electron chi connectivity index (χ0n) is 13.3. The van der Waals surface area contributed by atoms with Crippen LogP contribution in [0, 0.1) is 5.41 Å².